The van der Waals surface area contributed by atoms with Crippen molar-refractivity contribution < 1.29 is 0 Å². The minimum Gasteiger partial charge on any atom is -0.330 e. The summed E-state index contributed by atoms with van der Waals surface area (Å²) in [6.45, 7) is 6.92. The van der Waals surface area contributed by atoms with Crippen LogP contribution in [0.3, 0.4) is 0 Å². The molecule has 5 heteroatoms. The van der Waals surface area contributed by atoms with Crippen molar-refractivity contribution in [3.8, 4) is 5.69 Å². The molecular formula is C17H27N5. The Morgan fingerprint density at radius 1 is 1.23 bits per heavy atom. The molecule has 0 fully saturated rings. The predicted octanol–water partition coefficient (Wildman–Crippen LogP) is 2.61. The zero-order valence-corrected chi connectivity index (χ0v) is 13.6. The number of nitrogens with two attached hydrogens (primary N) is 1. The van der Waals surface area contributed by atoms with Crippen molar-refractivity contribution in [1.82, 2.24) is 20.3 Å². The molecule has 1 heterocycles. The minimum absolute atomic E-state index is 0.512. The van der Waals surface area contributed by atoms with Crippen LogP contribution in [0.15, 0.2) is 30.5 Å². The molecule has 0 spiro atoms. The van der Waals surface area contributed by atoms with E-state index < -0.39 is 0 Å². The number of hydrogen-bond donors (Lipinski definition) is 2. The Hall–Kier alpha value is -1.72. The Morgan fingerprint density at radius 3 is 2.86 bits per heavy atom. The van der Waals surface area contributed by atoms with Crippen molar-refractivity contribution in [1.29, 1.82) is 0 Å². The smallest absolute Gasteiger partial charge is 0.0969 e. The lowest BCUT2D eigenvalue weighted by Crippen LogP contribution is -2.15. The number of aromatic nitrogens is 3. The predicted molar refractivity (Wildman–Crippen MR) is 90.1 cm³/mol. The summed E-state index contributed by atoms with van der Waals surface area (Å²) in [6, 6.07) is 8.45. The fourth-order valence-corrected chi connectivity index (χ4v) is 2.32. The number of nitrogens with one attached hydrogen (secondary N) is 1. The molecule has 1 aromatic carbocycles. The van der Waals surface area contributed by atoms with E-state index in [-0.39, 0.29) is 0 Å². The summed E-state index contributed by atoms with van der Waals surface area (Å²) in [4.78, 5) is 0. The summed E-state index contributed by atoms with van der Waals surface area (Å²) in [5, 5.41) is 11.9. The van der Waals surface area contributed by atoms with Crippen LogP contribution in [-0.2, 0) is 6.54 Å². The molecule has 0 radical (unpaired) electrons. The average Bonchev–Trinajstić information content (AvgIpc) is 3.00. The molecule has 22 heavy (non-hydrogen) atoms. The summed E-state index contributed by atoms with van der Waals surface area (Å²) in [5.74, 6) is 0.512. The monoisotopic (exact) mass is 301 g/mol. The van der Waals surface area contributed by atoms with Crippen molar-refractivity contribution in [2.45, 2.75) is 45.6 Å². The molecule has 2 aromatic rings. The molecule has 3 N–H and O–H groups in total. The van der Waals surface area contributed by atoms with Gasteiger partial charge in [-0.05, 0) is 49.5 Å². The lowest BCUT2D eigenvalue weighted by Gasteiger charge is -2.07. The largest absolute Gasteiger partial charge is 0.330 e. The van der Waals surface area contributed by atoms with Crippen LogP contribution in [-0.4, -0.2) is 28.1 Å². The van der Waals surface area contributed by atoms with E-state index in [1.807, 2.05) is 10.9 Å². The molecule has 5 nitrogen and oxygen atoms in total. The third kappa shape index (κ3) is 4.93. The third-order valence-corrected chi connectivity index (χ3v) is 3.71. The first-order valence-electron chi connectivity index (χ1n) is 8.13. The van der Waals surface area contributed by atoms with Crippen LogP contribution in [0.2, 0.25) is 0 Å². The molecule has 0 aliphatic rings. The van der Waals surface area contributed by atoms with Crippen molar-refractivity contribution in [2.75, 3.05) is 13.1 Å². The second-order valence-electron chi connectivity index (χ2n) is 5.93. The standard InChI is InChI=1S/C17H27N5/c1-14(2)15-7-6-8-17(11-15)22-13-16(20-21-22)12-19-10-5-3-4-9-18/h6-8,11,13-14,19H,3-5,9-10,12,18H2,1-2H3. The van der Waals surface area contributed by atoms with Crippen molar-refractivity contribution in [3.05, 3.63) is 41.7 Å². The Bertz CT molecular complexity index is 562. The zero-order valence-electron chi connectivity index (χ0n) is 13.6. The van der Waals surface area contributed by atoms with Gasteiger partial charge in [-0.1, -0.05) is 37.6 Å². The summed E-state index contributed by atoms with van der Waals surface area (Å²) >= 11 is 0. The normalized spacial score (nSPS) is 11.3. The van der Waals surface area contributed by atoms with Gasteiger partial charge in [0.2, 0.25) is 0 Å². The maximum absolute atomic E-state index is 5.48. The average molecular weight is 301 g/mol. The van der Waals surface area contributed by atoms with Crippen molar-refractivity contribution in [2.24, 2.45) is 5.73 Å². The highest BCUT2D eigenvalue weighted by Crippen LogP contribution is 2.17. The molecule has 0 saturated carbocycles. The molecule has 0 unspecified atom stereocenters. The van der Waals surface area contributed by atoms with Gasteiger partial charge in [-0.25, -0.2) is 4.68 Å². The van der Waals surface area contributed by atoms with Crippen molar-refractivity contribution in [3.63, 3.8) is 0 Å². The van der Waals surface area contributed by atoms with E-state index >= 15 is 0 Å². The first-order chi connectivity index (χ1) is 10.7. The molecule has 1 aromatic heterocycles. The first kappa shape index (κ1) is 16.6. The highest BCUT2D eigenvalue weighted by molar-refractivity contribution is 5.36. The Labute approximate surface area is 132 Å². The SMILES string of the molecule is CC(C)c1cccc(-n2cc(CNCCCCCN)nn2)c1. The van der Waals surface area contributed by atoms with Gasteiger partial charge in [-0.2, -0.15) is 0 Å². The molecule has 0 aliphatic carbocycles. The highest BCUT2D eigenvalue weighted by atomic mass is 15.4. The van der Waals surface area contributed by atoms with E-state index in [0.29, 0.717) is 5.92 Å². The second-order valence-corrected chi connectivity index (χ2v) is 5.93. The van der Waals surface area contributed by atoms with Crippen LogP contribution in [0.5, 0.6) is 0 Å². The van der Waals surface area contributed by atoms with Gasteiger partial charge < -0.3 is 11.1 Å². The van der Waals surface area contributed by atoms with E-state index in [2.05, 4.69) is 53.7 Å². The Morgan fingerprint density at radius 2 is 2.09 bits per heavy atom. The number of nitrogens with zero attached hydrogens (tertiary/aromatic N) is 3. The van der Waals surface area contributed by atoms with Gasteiger partial charge in [-0.3, -0.25) is 0 Å². The van der Waals surface area contributed by atoms with Crippen molar-refractivity contribution >= 4 is 0 Å². The molecule has 0 saturated heterocycles. The maximum atomic E-state index is 5.48. The topological polar surface area (TPSA) is 68.8 Å². The number of hydrogen-bond acceptors (Lipinski definition) is 4. The fraction of sp³-hybridized carbons (Fsp3) is 0.529. The number of unbranched alkanes of at least 4 members (excludes halogenated alkanes) is 2. The van der Waals surface area contributed by atoms with E-state index in [9.17, 15) is 0 Å². The minimum atomic E-state index is 0.512. The summed E-state index contributed by atoms with van der Waals surface area (Å²) < 4.78 is 1.84. The van der Waals surface area contributed by atoms with E-state index in [4.69, 9.17) is 5.73 Å². The number of rotatable bonds is 9. The lowest BCUT2D eigenvalue weighted by atomic mass is 10.0. The molecule has 120 valence electrons. The van der Waals surface area contributed by atoms with Crippen LogP contribution in [0.1, 0.15) is 50.3 Å². The third-order valence-electron chi connectivity index (χ3n) is 3.71. The van der Waals surface area contributed by atoms with Gasteiger partial charge in [0, 0.05) is 6.54 Å². The quantitative estimate of drug-likeness (QED) is 0.699. The molecule has 0 bridgehead atoms. The summed E-state index contributed by atoms with van der Waals surface area (Å²) in [6.07, 6.45) is 5.43. The van der Waals surface area contributed by atoms with Gasteiger partial charge in [0.15, 0.2) is 0 Å². The van der Waals surface area contributed by atoms with E-state index in [0.717, 1.165) is 43.9 Å². The van der Waals surface area contributed by atoms with Gasteiger partial charge in [0.25, 0.3) is 0 Å². The van der Waals surface area contributed by atoms with Gasteiger partial charge >= 0.3 is 0 Å². The van der Waals surface area contributed by atoms with Crippen LogP contribution in [0.4, 0.5) is 0 Å². The summed E-state index contributed by atoms with van der Waals surface area (Å²) in [7, 11) is 0. The second kappa shape index (κ2) is 8.66. The Kier molecular flexibility index (Phi) is 6.55. The van der Waals surface area contributed by atoms with Crippen LogP contribution in [0.25, 0.3) is 5.69 Å². The molecule has 0 atom stereocenters. The number of benzene rings is 1. The lowest BCUT2D eigenvalue weighted by molar-refractivity contribution is 0.600. The van der Waals surface area contributed by atoms with Crippen LogP contribution >= 0.6 is 0 Å². The molecule has 0 aliphatic heterocycles. The summed E-state index contributed by atoms with van der Waals surface area (Å²) in [5.41, 5.74) is 8.82. The van der Waals surface area contributed by atoms with E-state index in [1.54, 1.807) is 0 Å². The van der Waals surface area contributed by atoms with Gasteiger partial charge in [0.1, 0.15) is 0 Å². The molecule has 0 amide bonds. The molecule has 2 rings (SSSR count). The maximum Gasteiger partial charge on any atom is 0.0969 e. The zero-order chi connectivity index (χ0) is 15.8. The Balaban J connectivity index is 1.87. The first-order valence-corrected chi connectivity index (χ1v) is 8.13. The van der Waals surface area contributed by atoms with Crippen LogP contribution < -0.4 is 11.1 Å². The van der Waals surface area contributed by atoms with E-state index in [1.165, 1.54) is 12.0 Å². The van der Waals surface area contributed by atoms with Crippen LogP contribution in [0, 0.1) is 0 Å². The molecular weight excluding hydrogens is 274 g/mol. The van der Waals surface area contributed by atoms with Gasteiger partial charge in [0.05, 0.1) is 17.6 Å². The highest BCUT2D eigenvalue weighted by Gasteiger charge is 2.05. The van der Waals surface area contributed by atoms with Gasteiger partial charge in [-0.15, -0.1) is 5.10 Å². The fourth-order valence-electron chi connectivity index (χ4n) is 2.32.